The fourth-order valence-corrected chi connectivity index (χ4v) is 1.98. The smallest absolute Gasteiger partial charge is 0.191 e. The number of H-pyrrole nitrogens is 1. The molecular weight excluding hydrogens is 256 g/mol. The summed E-state index contributed by atoms with van der Waals surface area (Å²) in [5.74, 6) is 2.06. The Labute approximate surface area is 119 Å². The highest BCUT2D eigenvalue weighted by Crippen LogP contribution is 2.17. The van der Waals surface area contributed by atoms with Gasteiger partial charge in [0.25, 0.3) is 0 Å². The molecule has 1 unspecified atom stereocenters. The van der Waals surface area contributed by atoms with Crippen LogP contribution in [0.25, 0.3) is 0 Å². The molecule has 20 heavy (non-hydrogen) atoms. The summed E-state index contributed by atoms with van der Waals surface area (Å²) in [6, 6.07) is 0. The van der Waals surface area contributed by atoms with Crippen molar-refractivity contribution in [2.45, 2.75) is 45.8 Å². The fourth-order valence-electron chi connectivity index (χ4n) is 1.98. The van der Waals surface area contributed by atoms with Gasteiger partial charge in [0.1, 0.15) is 12.4 Å². The van der Waals surface area contributed by atoms with Crippen LogP contribution in [0.5, 0.6) is 0 Å². The molecule has 0 aromatic carbocycles. The van der Waals surface area contributed by atoms with Gasteiger partial charge in [0.05, 0.1) is 12.7 Å². The van der Waals surface area contributed by atoms with E-state index in [4.69, 9.17) is 10.5 Å². The summed E-state index contributed by atoms with van der Waals surface area (Å²) in [6.45, 7) is 10.9. The zero-order valence-corrected chi connectivity index (χ0v) is 12.7. The van der Waals surface area contributed by atoms with Crippen molar-refractivity contribution in [3.8, 4) is 0 Å². The number of morpholine rings is 1. The molecule has 1 aromatic heterocycles. The van der Waals surface area contributed by atoms with Crippen LogP contribution in [0.2, 0.25) is 0 Å². The third-order valence-corrected chi connectivity index (χ3v) is 3.16. The Morgan fingerprint density at radius 1 is 1.55 bits per heavy atom. The van der Waals surface area contributed by atoms with Gasteiger partial charge in [-0.15, -0.1) is 0 Å². The van der Waals surface area contributed by atoms with Crippen molar-refractivity contribution in [2.75, 3.05) is 19.7 Å². The fraction of sp³-hybridized carbons (Fsp3) is 0.769. The highest BCUT2D eigenvalue weighted by Gasteiger charge is 2.20. The maximum absolute atomic E-state index is 6.01. The molecule has 1 aliphatic rings. The van der Waals surface area contributed by atoms with Crippen LogP contribution in [0.3, 0.4) is 0 Å². The molecule has 2 rings (SSSR count). The lowest BCUT2D eigenvalue weighted by molar-refractivity contribution is 0.00528. The molecule has 7 nitrogen and oxygen atoms in total. The summed E-state index contributed by atoms with van der Waals surface area (Å²) in [5, 5.41) is 7.12. The summed E-state index contributed by atoms with van der Waals surface area (Å²) in [6.07, 6.45) is 0.190. The van der Waals surface area contributed by atoms with E-state index in [2.05, 4.69) is 40.9 Å². The number of nitrogens with two attached hydrogens (primary N) is 1. The molecule has 0 radical (unpaired) electrons. The summed E-state index contributed by atoms with van der Waals surface area (Å²) < 4.78 is 5.48. The van der Waals surface area contributed by atoms with Gasteiger partial charge in [-0.05, 0) is 6.92 Å². The third-order valence-electron chi connectivity index (χ3n) is 3.16. The molecule has 3 N–H and O–H groups in total. The summed E-state index contributed by atoms with van der Waals surface area (Å²) >= 11 is 0. The van der Waals surface area contributed by atoms with E-state index in [-0.39, 0.29) is 11.5 Å². The molecule has 0 bridgehead atoms. The maximum atomic E-state index is 6.01. The molecular formula is C13H24N6O. The SMILES string of the molecule is CC1CN(C(N)=NCc2nc(C(C)(C)C)n[nH]2)CCO1. The molecule has 7 heteroatoms. The summed E-state index contributed by atoms with van der Waals surface area (Å²) in [4.78, 5) is 10.9. The summed E-state index contributed by atoms with van der Waals surface area (Å²) in [7, 11) is 0. The van der Waals surface area contributed by atoms with Crippen molar-refractivity contribution in [1.82, 2.24) is 20.1 Å². The minimum absolute atomic E-state index is 0.0658. The number of nitrogens with one attached hydrogen (secondary N) is 1. The van der Waals surface area contributed by atoms with E-state index >= 15 is 0 Å². The van der Waals surface area contributed by atoms with Crippen LogP contribution < -0.4 is 5.73 Å². The number of guanidine groups is 1. The molecule has 1 fully saturated rings. The van der Waals surface area contributed by atoms with Crippen molar-refractivity contribution in [3.05, 3.63) is 11.6 Å². The number of aliphatic imine (C=N–C) groups is 1. The average Bonchev–Trinajstić information content (AvgIpc) is 2.84. The monoisotopic (exact) mass is 280 g/mol. The molecule has 0 saturated carbocycles. The van der Waals surface area contributed by atoms with Gasteiger partial charge in [-0.1, -0.05) is 20.8 Å². The Morgan fingerprint density at radius 3 is 2.90 bits per heavy atom. The number of rotatable bonds is 2. The molecule has 1 atom stereocenters. The van der Waals surface area contributed by atoms with Gasteiger partial charge in [0.15, 0.2) is 11.8 Å². The van der Waals surface area contributed by atoms with Crippen LogP contribution in [-0.2, 0) is 16.7 Å². The Bertz CT molecular complexity index is 475. The van der Waals surface area contributed by atoms with Crippen LogP contribution in [0.15, 0.2) is 4.99 Å². The standard InChI is InChI=1S/C13H24N6O/c1-9-8-19(5-6-20-9)12(14)15-7-10-16-11(18-17-10)13(2,3)4/h9H,5-8H2,1-4H3,(H2,14,15)(H,16,17,18). The minimum atomic E-state index is -0.0658. The zero-order chi connectivity index (χ0) is 14.8. The Kier molecular flexibility index (Phi) is 4.27. The maximum Gasteiger partial charge on any atom is 0.191 e. The quantitative estimate of drug-likeness (QED) is 0.612. The first-order valence-corrected chi connectivity index (χ1v) is 6.94. The van der Waals surface area contributed by atoms with Gasteiger partial charge in [-0.25, -0.2) is 9.98 Å². The van der Waals surface area contributed by atoms with Gasteiger partial charge in [0, 0.05) is 18.5 Å². The number of aromatic amines is 1. The molecule has 1 aliphatic heterocycles. The molecule has 0 spiro atoms. The number of aromatic nitrogens is 3. The topological polar surface area (TPSA) is 92.4 Å². The normalized spacial score (nSPS) is 21.3. The van der Waals surface area contributed by atoms with Gasteiger partial charge in [-0.3, -0.25) is 5.10 Å². The Morgan fingerprint density at radius 2 is 2.30 bits per heavy atom. The lowest BCUT2D eigenvalue weighted by atomic mass is 9.96. The largest absolute Gasteiger partial charge is 0.375 e. The second-order valence-corrected chi connectivity index (χ2v) is 6.16. The van der Waals surface area contributed by atoms with Gasteiger partial charge >= 0.3 is 0 Å². The van der Waals surface area contributed by atoms with Crippen LogP contribution in [0, 0.1) is 0 Å². The van der Waals surface area contributed by atoms with Crippen molar-refractivity contribution in [3.63, 3.8) is 0 Å². The number of hydrogen-bond acceptors (Lipinski definition) is 4. The Balaban J connectivity index is 1.96. The highest BCUT2D eigenvalue weighted by molar-refractivity contribution is 5.78. The van der Waals surface area contributed by atoms with Crippen LogP contribution in [-0.4, -0.2) is 51.8 Å². The highest BCUT2D eigenvalue weighted by atomic mass is 16.5. The Hall–Kier alpha value is -1.63. The average molecular weight is 280 g/mol. The second-order valence-electron chi connectivity index (χ2n) is 6.16. The van der Waals surface area contributed by atoms with Crippen molar-refractivity contribution in [1.29, 1.82) is 0 Å². The van der Waals surface area contributed by atoms with Gasteiger partial charge < -0.3 is 15.4 Å². The second kappa shape index (κ2) is 5.78. The predicted octanol–water partition coefficient (Wildman–Crippen LogP) is 0.638. The number of ether oxygens (including phenoxy) is 1. The number of nitrogens with zero attached hydrogens (tertiary/aromatic N) is 4. The van der Waals surface area contributed by atoms with Crippen molar-refractivity contribution >= 4 is 5.96 Å². The van der Waals surface area contributed by atoms with E-state index < -0.39 is 0 Å². The number of hydrogen-bond donors (Lipinski definition) is 2. The van der Waals surface area contributed by atoms with E-state index in [0.717, 1.165) is 24.7 Å². The van der Waals surface area contributed by atoms with E-state index in [1.54, 1.807) is 0 Å². The van der Waals surface area contributed by atoms with Crippen molar-refractivity contribution < 1.29 is 4.74 Å². The van der Waals surface area contributed by atoms with Crippen LogP contribution >= 0.6 is 0 Å². The van der Waals surface area contributed by atoms with E-state index in [1.807, 2.05) is 11.8 Å². The molecule has 1 saturated heterocycles. The van der Waals surface area contributed by atoms with Gasteiger partial charge in [-0.2, -0.15) is 5.10 Å². The lowest BCUT2D eigenvalue weighted by Gasteiger charge is -2.31. The van der Waals surface area contributed by atoms with Gasteiger partial charge in [0.2, 0.25) is 0 Å². The third kappa shape index (κ3) is 3.69. The van der Waals surface area contributed by atoms with E-state index in [9.17, 15) is 0 Å². The molecule has 0 aliphatic carbocycles. The lowest BCUT2D eigenvalue weighted by Crippen LogP contribution is -2.47. The molecule has 1 aromatic rings. The van der Waals surface area contributed by atoms with E-state index in [1.165, 1.54) is 0 Å². The van der Waals surface area contributed by atoms with E-state index in [0.29, 0.717) is 19.1 Å². The summed E-state index contributed by atoms with van der Waals surface area (Å²) in [5.41, 5.74) is 5.94. The first-order chi connectivity index (χ1) is 9.36. The zero-order valence-electron chi connectivity index (χ0n) is 12.7. The predicted molar refractivity (Wildman–Crippen MR) is 77.4 cm³/mol. The van der Waals surface area contributed by atoms with Crippen LogP contribution in [0.1, 0.15) is 39.3 Å². The molecule has 2 heterocycles. The first-order valence-electron chi connectivity index (χ1n) is 6.94. The molecule has 112 valence electrons. The molecule has 0 amide bonds. The minimum Gasteiger partial charge on any atom is -0.375 e. The van der Waals surface area contributed by atoms with Crippen molar-refractivity contribution in [2.24, 2.45) is 10.7 Å². The first kappa shape index (κ1) is 14.8. The van der Waals surface area contributed by atoms with Crippen LogP contribution in [0.4, 0.5) is 0 Å².